The number of ether oxygens (including phenoxy) is 1. The van der Waals surface area contributed by atoms with Crippen LogP contribution in [0.2, 0.25) is 0 Å². The van der Waals surface area contributed by atoms with Crippen LogP contribution in [0.5, 0.6) is 11.5 Å². The van der Waals surface area contributed by atoms with E-state index in [1.165, 1.54) is 0 Å². The molecule has 2 N–H and O–H groups in total. The molecule has 0 saturated carbocycles. The summed E-state index contributed by atoms with van der Waals surface area (Å²) < 4.78 is 8.63. The Kier molecular flexibility index (Phi) is 3.80. The Hall–Kier alpha value is -2.73. The second-order valence-corrected chi connectivity index (χ2v) is 8.29. The fourth-order valence-corrected chi connectivity index (χ4v) is 4.02. The maximum atomic E-state index is 9.60. The maximum absolute atomic E-state index is 9.60. The van der Waals surface area contributed by atoms with Crippen LogP contribution in [0.1, 0.15) is 20.8 Å². The summed E-state index contributed by atoms with van der Waals surface area (Å²) in [5.74, 6) is 2.04. The number of phenols is 1. The number of hydrogen-bond acceptors (Lipinski definition) is 5. The molecule has 2 heterocycles. The Morgan fingerprint density at radius 1 is 1.12 bits per heavy atom. The molecule has 0 saturated heterocycles. The Balaban J connectivity index is 1.99. The van der Waals surface area contributed by atoms with E-state index in [9.17, 15) is 5.11 Å². The van der Waals surface area contributed by atoms with Gasteiger partial charge < -0.3 is 15.2 Å². The lowest BCUT2D eigenvalue weighted by atomic mass is 10.1. The summed E-state index contributed by atoms with van der Waals surface area (Å²) in [5, 5.41) is 13.2. The van der Waals surface area contributed by atoms with Crippen LogP contribution in [0.25, 0.3) is 26.4 Å². The van der Waals surface area contributed by atoms with Crippen LogP contribution in [-0.4, -0.2) is 27.1 Å². The molecule has 0 bridgehead atoms. The zero-order valence-corrected chi connectivity index (χ0v) is 16.0. The summed E-state index contributed by atoms with van der Waals surface area (Å²) in [6.07, 6.45) is 0. The van der Waals surface area contributed by atoms with Crippen molar-refractivity contribution >= 4 is 32.3 Å². The highest BCUT2D eigenvalue weighted by Crippen LogP contribution is 2.38. The van der Waals surface area contributed by atoms with E-state index in [0.29, 0.717) is 0 Å². The average molecular weight is 367 g/mol. The zero-order valence-electron chi connectivity index (χ0n) is 15.2. The number of rotatable bonds is 3. The van der Waals surface area contributed by atoms with Gasteiger partial charge in [0.15, 0.2) is 4.96 Å². The SMILES string of the molecule is COc1ccc2c(c1)sc1nc(-c3ccc(O)cc3)c(NC(C)(C)C)n12. The number of imidazole rings is 1. The van der Waals surface area contributed by atoms with Crippen molar-refractivity contribution in [2.75, 3.05) is 12.4 Å². The summed E-state index contributed by atoms with van der Waals surface area (Å²) in [6.45, 7) is 6.39. The second-order valence-electron chi connectivity index (χ2n) is 7.28. The van der Waals surface area contributed by atoms with E-state index in [2.05, 4.69) is 36.6 Å². The number of nitrogens with one attached hydrogen (secondary N) is 1. The molecule has 2 aromatic heterocycles. The highest BCUT2D eigenvalue weighted by atomic mass is 32.1. The molecular formula is C20H21N3O2S. The normalized spacial score (nSPS) is 12.0. The van der Waals surface area contributed by atoms with Gasteiger partial charge in [0.2, 0.25) is 0 Å². The molecule has 0 fully saturated rings. The minimum absolute atomic E-state index is 0.123. The molecule has 26 heavy (non-hydrogen) atoms. The third kappa shape index (κ3) is 2.86. The number of nitrogens with zero attached hydrogens (tertiary/aromatic N) is 2. The lowest BCUT2D eigenvalue weighted by Crippen LogP contribution is -2.27. The quantitative estimate of drug-likeness (QED) is 0.526. The van der Waals surface area contributed by atoms with Crippen LogP contribution >= 0.6 is 11.3 Å². The molecule has 0 amide bonds. The molecular weight excluding hydrogens is 346 g/mol. The number of aromatic hydroxyl groups is 1. The molecule has 0 aliphatic rings. The molecule has 5 nitrogen and oxygen atoms in total. The molecule has 0 aliphatic carbocycles. The Labute approximate surface area is 155 Å². The smallest absolute Gasteiger partial charge is 0.197 e. The van der Waals surface area contributed by atoms with Crippen LogP contribution in [0.15, 0.2) is 42.5 Å². The molecule has 0 unspecified atom stereocenters. The van der Waals surface area contributed by atoms with E-state index >= 15 is 0 Å². The monoisotopic (exact) mass is 367 g/mol. The summed E-state index contributed by atoms with van der Waals surface area (Å²) in [5.41, 5.74) is 2.81. The van der Waals surface area contributed by atoms with Gasteiger partial charge in [-0.15, -0.1) is 0 Å². The van der Waals surface area contributed by atoms with Crippen molar-refractivity contribution in [1.82, 2.24) is 9.38 Å². The number of fused-ring (bicyclic) bond motifs is 3. The van der Waals surface area contributed by atoms with E-state index in [1.807, 2.05) is 24.3 Å². The summed E-state index contributed by atoms with van der Waals surface area (Å²) >= 11 is 1.63. The van der Waals surface area contributed by atoms with Gasteiger partial charge in [0, 0.05) is 11.1 Å². The number of hydrogen-bond donors (Lipinski definition) is 2. The number of thiazole rings is 1. The van der Waals surface area contributed by atoms with Crippen LogP contribution in [0.3, 0.4) is 0 Å². The third-order valence-electron chi connectivity index (χ3n) is 4.09. The minimum Gasteiger partial charge on any atom is -0.508 e. The van der Waals surface area contributed by atoms with E-state index < -0.39 is 0 Å². The van der Waals surface area contributed by atoms with Crippen molar-refractivity contribution in [2.45, 2.75) is 26.3 Å². The molecule has 0 radical (unpaired) electrons. The standard InChI is InChI=1S/C20H21N3O2S/c1-20(2,3)22-18-17(12-5-7-13(24)8-6-12)21-19-23(18)15-10-9-14(25-4)11-16(15)26-19/h5-11,22,24H,1-4H3. The first-order valence-corrected chi connectivity index (χ1v) is 9.24. The van der Waals surface area contributed by atoms with Crippen molar-refractivity contribution in [3.05, 3.63) is 42.5 Å². The lowest BCUT2D eigenvalue weighted by molar-refractivity contribution is 0.415. The predicted octanol–water partition coefficient (Wildman–Crippen LogP) is 5.14. The molecule has 0 spiro atoms. The summed E-state index contributed by atoms with van der Waals surface area (Å²) in [6, 6.07) is 13.2. The fourth-order valence-electron chi connectivity index (χ4n) is 2.97. The number of phenolic OH excluding ortho intramolecular Hbond substituents is 1. The van der Waals surface area contributed by atoms with Crippen molar-refractivity contribution < 1.29 is 9.84 Å². The zero-order chi connectivity index (χ0) is 18.5. The minimum atomic E-state index is -0.123. The summed E-state index contributed by atoms with van der Waals surface area (Å²) in [4.78, 5) is 5.81. The van der Waals surface area contributed by atoms with Gasteiger partial charge in [-0.3, -0.25) is 4.40 Å². The van der Waals surface area contributed by atoms with E-state index in [1.54, 1.807) is 30.6 Å². The van der Waals surface area contributed by atoms with Gasteiger partial charge in [-0.1, -0.05) is 11.3 Å². The number of benzene rings is 2. The Morgan fingerprint density at radius 3 is 2.50 bits per heavy atom. The Bertz CT molecular complexity index is 1090. The van der Waals surface area contributed by atoms with Crippen molar-refractivity contribution in [3.8, 4) is 22.8 Å². The molecule has 0 aliphatic heterocycles. The molecule has 4 rings (SSSR count). The lowest BCUT2D eigenvalue weighted by Gasteiger charge is -2.22. The van der Waals surface area contributed by atoms with Crippen LogP contribution in [-0.2, 0) is 0 Å². The molecule has 2 aromatic carbocycles. The molecule has 0 atom stereocenters. The second kappa shape index (κ2) is 5.92. The van der Waals surface area contributed by atoms with E-state index in [-0.39, 0.29) is 11.3 Å². The van der Waals surface area contributed by atoms with Crippen LogP contribution in [0.4, 0.5) is 5.82 Å². The first kappa shape index (κ1) is 16.7. The van der Waals surface area contributed by atoms with Crippen molar-refractivity contribution in [3.63, 3.8) is 0 Å². The highest BCUT2D eigenvalue weighted by molar-refractivity contribution is 7.23. The number of aromatic nitrogens is 2. The summed E-state index contributed by atoms with van der Waals surface area (Å²) in [7, 11) is 1.68. The highest BCUT2D eigenvalue weighted by Gasteiger charge is 2.22. The molecule has 4 aromatic rings. The van der Waals surface area contributed by atoms with Gasteiger partial charge in [-0.2, -0.15) is 0 Å². The predicted molar refractivity (Wildman–Crippen MR) is 108 cm³/mol. The first-order valence-electron chi connectivity index (χ1n) is 8.42. The maximum Gasteiger partial charge on any atom is 0.197 e. The van der Waals surface area contributed by atoms with Gasteiger partial charge in [0.1, 0.15) is 23.0 Å². The van der Waals surface area contributed by atoms with Gasteiger partial charge in [-0.25, -0.2) is 4.98 Å². The average Bonchev–Trinajstić information content (AvgIpc) is 3.10. The topological polar surface area (TPSA) is 58.8 Å². The molecule has 6 heteroatoms. The number of methoxy groups -OCH3 is 1. The van der Waals surface area contributed by atoms with Crippen molar-refractivity contribution in [2.24, 2.45) is 0 Å². The molecule has 134 valence electrons. The van der Waals surface area contributed by atoms with Crippen LogP contribution in [0, 0.1) is 0 Å². The van der Waals surface area contributed by atoms with Gasteiger partial charge in [0.05, 0.1) is 17.3 Å². The fraction of sp³-hybridized carbons (Fsp3) is 0.250. The first-order chi connectivity index (χ1) is 12.4. The third-order valence-corrected chi connectivity index (χ3v) is 5.09. The number of anilines is 1. The van der Waals surface area contributed by atoms with Gasteiger partial charge in [-0.05, 0) is 63.2 Å². The van der Waals surface area contributed by atoms with E-state index in [0.717, 1.165) is 38.0 Å². The Morgan fingerprint density at radius 2 is 1.85 bits per heavy atom. The van der Waals surface area contributed by atoms with E-state index in [4.69, 9.17) is 9.72 Å². The van der Waals surface area contributed by atoms with Crippen molar-refractivity contribution in [1.29, 1.82) is 0 Å². The largest absolute Gasteiger partial charge is 0.508 e. The van der Waals surface area contributed by atoms with Crippen LogP contribution < -0.4 is 10.1 Å². The van der Waals surface area contributed by atoms with Gasteiger partial charge >= 0.3 is 0 Å². The van der Waals surface area contributed by atoms with Gasteiger partial charge in [0.25, 0.3) is 0 Å².